The molecule has 0 saturated carbocycles. The fourth-order valence-electron chi connectivity index (χ4n) is 2.30. The largest absolute Gasteiger partial charge is 0.457 e. The van der Waals surface area contributed by atoms with Gasteiger partial charge in [-0.15, -0.1) is 0 Å². The molecule has 3 rings (SSSR count). The number of hydrogen-bond donors (Lipinski definition) is 1. The summed E-state index contributed by atoms with van der Waals surface area (Å²) < 4.78 is 18.0. The molecule has 0 spiro atoms. The van der Waals surface area contributed by atoms with Crippen LogP contribution in [0.15, 0.2) is 78.9 Å². The van der Waals surface area contributed by atoms with Crippen LogP contribution in [0.5, 0.6) is 0 Å². The second kappa shape index (κ2) is 8.07. The molecule has 26 heavy (non-hydrogen) atoms. The molecule has 0 heterocycles. The maximum atomic E-state index is 12.9. The average Bonchev–Trinajstić information content (AvgIpc) is 2.68. The minimum absolute atomic E-state index is 0.0663. The van der Waals surface area contributed by atoms with Crippen LogP contribution in [0.2, 0.25) is 0 Å². The van der Waals surface area contributed by atoms with Gasteiger partial charge in [0, 0.05) is 11.3 Å². The highest BCUT2D eigenvalue weighted by atomic mass is 19.1. The number of para-hydroxylation sites is 1. The van der Waals surface area contributed by atoms with Gasteiger partial charge in [0.15, 0.2) is 0 Å². The summed E-state index contributed by atoms with van der Waals surface area (Å²) in [5, 5.41) is 2.80. The molecule has 0 radical (unpaired) electrons. The number of hydrogen-bond acceptors (Lipinski definition) is 3. The Morgan fingerprint density at radius 3 is 2.08 bits per heavy atom. The van der Waals surface area contributed by atoms with E-state index >= 15 is 0 Å². The number of benzene rings is 3. The summed E-state index contributed by atoms with van der Waals surface area (Å²) in [4.78, 5) is 24.1. The first-order chi connectivity index (χ1) is 12.6. The summed E-state index contributed by atoms with van der Waals surface area (Å²) in [6, 6.07) is 21.1. The first kappa shape index (κ1) is 17.4. The zero-order valence-corrected chi connectivity index (χ0v) is 13.8. The zero-order chi connectivity index (χ0) is 18.4. The Morgan fingerprint density at radius 1 is 0.808 bits per heavy atom. The van der Waals surface area contributed by atoms with Gasteiger partial charge in [0.05, 0.1) is 5.56 Å². The van der Waals surface area contributed by atoms with E-state index in [1.54, 1.807) is 36.4 Å². The molecule has 0 bridgehead atoms. The predicted molar refractivity (Wildman–Crippen MR) is 96.4 cm³/mol. The Bertz CT molecular complexity index is 891. The standard InChI is InChI=1S/C21H16FNO3/c22-18-12-10-17(11-13-18)21(25)26-14-15-6-8-16(9-7-15)20(24)23-19-4-2-1-3-5-19/h1-13H,14H2,(H,23,24). The molecule has 1 amide bonds. The van der Waals surface area contributed by atoms with Crippen molar-refractivity contribution in [3.05, 3.63) is 101 Å². The Kier molecular flexibility index (Phi) is 5.39. The number of esters is 1. The van der Waals surface area contributed by atoms with E-state index in [2.05, 4.69) is 5.32 Å². The van der Waals surface area contributed by atoms with E-state index in [1.807, 2.05) is 18.2 Å². The summed E-state index contributed by atoms with van der Waals surface area (Å²) in [5.41, 5.74) is 2.25. The third-order valence-corrected chi connectivity index (χ3v) is 3.70. The Hall–Kier alpha value is -3.47. The smallest absolute Gasteiger partial charge is 0.338 e. The maximum absolute atomic E-state index is 12.9. The van der Waals surface area contributed by atoms with Crippen LogP contribution in [-0.2, 0) is 11.3 Å². The second-order valence-electron chi connectivity index (χ2n) is 5.60. The molecule has 0 aliphatic carbocycles. The van der Waals surface area contributed by atoms with Gasteiger partial charge in [-0.2, -0.15) is 0 Å². The van der Waals surface area contributed by atoms with E-state index in [-0.39, 0.29) is 18.1 Å². The van der Waals surface area contributed by atoms with Crippen LogP contribution in [0.3, 0.4) is 0 Å². The van der Waals surface area contributed by atoms with Crippen molar-refractivity contribution in [1.82, 2.24) is 0 Å². The number of carbonyl (C=O) groups excluding carboxylic acids is 2. The van der Waals surface area contributed by atoms with Gasteiger partial charge in [0.1, 0.15) is 12.4 Å². The van der Waals surface area contributed by atoms with Gasteiger partial charge in [-0.1, -0.05) is 30.3 Å². The summed E-state index contributed by atoms with van der Waals surface area (Å²) in [5.74, 6) is -1.16. The molecule has 0 saturated heterocycles. The minimum Gasteiger partial charge on any atom is -0.457 e. The molecule has 0 unspecified atom stereocenters. The molecule has 3 aromatic rings. The fourth-order valence-corrected chi connectivity index (χ4v) is 2.30. The van der Waals surface area contributed by atoms with Gasteiger partial charge in [-0.3, -0.25) is 4.79 Å². The van der Waals surface area contributed by atoms with Gasteiger partial charge in [-0.25, -0.2) is 9.18 Å². The van der Waals surface area contributed by atoms with Crippen LogP contribution in [0, 0.1) is 5.82 Å². The van der Waals surface area contributed by atoms with Crippen molar-refractivity contribution in [3.63, 3.8) is 0 Å². The van der Waals surface area contributed by atoms with Gasteiger partial charge in [-0.05, 0) is 54.1 Å². The minimum atomic E-state index is -0.532. The summed E-state index contributed by atoms with van der Waals surface area (Å²) in [6.45, 7) is 0.0663. The number of amides is 1. The molecule has 0 aliphatic rings. The normalized spacial score (nSPS) is 10.2. The molecule has 0 fully saturated rings. The van der Waals surface area contributed by atoms with Crippen LogP contribution in [0.1, 0.15) is 26.3 Å². The molecule has 130 valence electrons. The topological polar surface area (TPSA) is 55.4 Å². The quantitative estimate of drug-likeness (QED) is 0.693. The van der Waals surface area contributed by atoms with Crippen LogP contribution in [-0.4, -0.2) is 11.9 Å². The van der Waals surface area contributed by atoms with Gasteiger partial charge < -0.3 is 10.1 Å². The molecule has 0 atom stereocenters. The van der Waals surface area contributed by atoms with Crippen molar-refractivity contribution in [2.75, 3.05) is 5.32 Å². The van der Waals surface area contributed by atoms with Crippen LogP contribution >= 0.6 is 0 Å². The molecular formula is C21H16FNO3. The molecule has 4 nitrogen and oxygen atoms in total. The van der Waals surface area contributed by atoms with Crippen molar-refractivity contribution >= 4 is 17.6 Å². The Morgan fingerprint density at radius 2 is 1.42 bits per heavy atom. The highest BCUT2D eigenvalue weighted by Gasteiger charge is 2.09. The number of halogens is 1. The van der Waals surface area contributed by atoms with E-state index in [1.165, 1.54) is 24.3 Å². The van der Waals surface area contributed by atoms with Crippen LogP contribution < -0.4 is 5.32 Å². The van der Waals surface area contributed by atoms with Crippen molar-refractivity contribution in [2.45, 2.75) is 6.61 Å². The third kappa shape index (κ3) is 4.54. The fraction of sp³-hybridized carbons (Fsp3) is 0.0476. The molecule has 0 aliphatic heterocycles. The highest BCUT2D eigenvalue weighted by Crippen LogP contribution is 2.12. The lowest BCUT2D eigenvalue weighted by atomic mass is 10.1. The van der Waals surface area contributed by atoms with E-state index in [4.69, 9.17) is 4.74 Å². The lowest BCUT2D eigenvalue weighted by molar-refractivity contribution is 0.0472. The molecule has 0 aromatic heterocycles. The van der Waals surface area contributed by atoms with Crippen molar-refractivity contribution < 1.29 is 18.7 Å². The summed E-state index contributed by atoms with van der Waals surface area (Å²) in [7, 11) is 0. The zero-order valence-electron chi connectivity index (χ0n) is 13.8. The van der Waals surface area contributed by atoms with Crippen molar-refractivity contribution in [1.29, 1.82) is 0 Å². The van der Waals surface area contributed by atoms with Gasteiger partial charge in [0.2, 0.25) is 0 Å². The van der Waals surface area contributed by atoms with E-state index in [0.717, 1.165) is 11.3 Å². The number of anilines is 1. The summed E-state index contributed by atoms with van der Waals surface area (Å²) in [6.07, 6.45) is 0. The first-order valence-electron chi connectivity index (χ1n) is 8.00. The van der Waals surface area contributed by atoms with Gasteiger partial charge in [0.25, 0.3) is 5.91 Å². The lowest BCUT2D eigenvalue weighted by Gasteiger charge is -2.07. The number of nitrogens with one attached hydrogen (secondary N) is 1. The van der Waals surface area contributed by atoms with Gasteiger partial charge >= 0.3 is 5.97 Å². The Labute approximate surface area is 150 Å². The average molecular weight is 349 g/mol. The molecule has 5 heteroatoms. The second-order valence-corrected chi connectivity index (χ2v) is 5.60. The lowest BCUT2D eigenvalue weighted by Crippen LogP contribution is -2.11. The van der Waals surface area contributed by atoms with Crippen LogP contribution in [0.4, 0.5) is 10.1 Å². The van der Waals surface area contributed by atoms with Crippen molar-refractivity contribution in [2.24, 2.45) is 0 Å². The summed E-state index contributed by atoms with van der Waals surface area (Å²) >= 11 is 0. The van der Waals surface area contributed by atoms with Crippen molar-refractivity contribution in [3.8, 4) is 0 Å². The highest BCUT2D eigenvalue weighted by molar-refractivity contribution is 6.04. The number of carbonyl (C=O) groups is 2. The van der Waals surface area contributed by atoms with Crippen LogP contribution in [0.25, 0.3) is 0 Å². The molecule has 3 aromatic carbocycles. The number of ether oxygens (including phenoxy) is 1. The molecule has 1 N–H and O–H groups in total. The maximum Gasteiger partial charge on any atom is 0.338 e. The monoisotopic (exact) mass is 349 g/mol. The first-order valence-corrected chi connectivity index (χ1v) is 8.00. The SMILES string of the molecule is O=C(Nc1ccccc1)c1ccc(COC(=O)c2ccc(F)cc2)cc1. The predicted octanol–water partition coefficient (Wildman–Crippen LogP) is 4.44. The number of rotatable bonds is 5. The Balaban J connectivity index is 1.56. The molecular weight excluding hydrogens is 333 g/mol. The third-order valence-electron chi connectivity index (χ3n) is 3.70. The van der Waals surface area contributed by atoms with E-state index in [0.29, 0.717) is 5.56 Å². The van der Waals surface area contributed by atoms with E-state index in [9.17, 15) is 14.0 Å². The van der Waals surface area contributed by atoms with E-state index < -0.39 is 11.8 Å².